The zero-order valence-corrected chi connectivity index (χ0v) is 7.72. The molecule has 0 aliphatic heterocycles. The Kier molecular flexibility index (Phi) is 2.58. The first kappa shape index (κ1) is 8.91. The van der Waals surface area contributed by atoms with E-state index in [2.05, 4.69) is 0 Å². The summed E-state index contributed by atoms with van der Waals surface area (Å²) in [5.74, 6) is 0.870. The molecule has 0 aliphatic rings. The van der Waals surface area contributed by atoms with Crippen LogP contribution in [0.15, 0.2) is 12.1 Å². The third-order valence-corrected chi connectivity index (χ3v) is 1.82. The van der Waals surface area contributed by atoms with Crippen molar-refractivity contribution in [1.82, 2.24) is 0 Å². The second kappa shape index (κ2) is 3.48. The maximum atomic E-state index is 9.58. The number of hydrogen-bond acceptors (Lipinski definition) is 2. The highest BCUT2D eigenvalue weighted by Gasteiger charge is 2.07. The van der Waals surface area contributed by atoms with Gasteiger partial charge < -0.3 is 9.84 Å². The number of ether oxygens (including phenoxy) is 1. The van der Waals surface area contributed by atoms with Crippen LogP contribution in [0.5, 0.6) is 11.5 Å². The van der Waals surface area contributed by atoms with Crippen molar-refractivity contribution in [3.63, 3.8) is 0 Å². The quantitative estimate of drug-likeness (QED) is 0.731. The Morgan fingerprint density at radius 2 is 1.83 bits per heavy atom. The highest BCUT2D eigenvalue weighted by molar-refractivity contribution is 5.49. The Morgan fingerprint density at radius 3 is 2.42 bits per heavy atom. The molecule has 0 fully saturated rings. The minimum absolute atomic E-state index is 0.261. The summed E-state index contributed by atoms with van der Waals surface area (Å²) < 4.78 is 5.30. The molecule has 0 saturated carbocycles. The van der Waals surface area contributed by atoms with Gasteiger partial charge in [0.15, 0.2) is 11.5 Å². The molecule has 66 valence electrons. The van der Waals surface area contributed by atoms with E-state index in [1.165, 1.54) is 0 Å². The summed E-state index contributed by atoms with van der Waals surface area (Å²) in [7, 11) is 0. The van der Waals surface area contributed by atoms with Crippen LogP contribution in [-0.4, -0.2) is 11.7 Å². The van der Waals surface area contributed by atoms with E-state index in [9.17, 15) is 5.11 Å². The highest BCUT2D eigenvalue weighted by Crippen LogP contribution is 2.32. The molecule has 0 unspecified atom stereocenters. The van der Waals surface area contributed by atoms with Gasteiger partial charge in [-0.25, -0.2) is 0 Å². The molecule has 1 rings (SSSR count). The fourth-order valence-corrected chi connectivity index (χ4v) is 1.10. The first-order valence-electron chi connectivity index (χ1n) is 4.08. The van der Waals surface area contributed by atoms with Crippen LogP contribution in [0.3, 0.4) is 0 Å². The van der Waals surface area contributed by atoms with E-state index >= 15 is 0 Å². The topological polar surface area (TPSA) is 29.5 Å². The second-order valence-electron chi connectivity index (χ2n) is 2.81. The van der Waals surface area contributed by atoms with Crippen LogP contribution in [0.2, 0.25) is 0 Å². The lowest BCUT2D eigenvalue weighted by atomic mass is 10.1. The summed E-state index contributed by atoms with van der Waals surface area (Å²) in [6.07, 6.45) is 0. The molecule has 0 aliphatic carbocycles. The van der Waals surface area contributed by atoms with Crippen LogP contribution in [0, 0.1) is 13.8 Å². The van der Waals surface area contributed by atoms with Crippen LogP contribution in [0.1, 0.15) is 18.1 Å². The number of aromatic hydroxyl groups is 1. The van der Waals surface area contributed by atoms with Crippen molar-refractivity contribution in [2.45, 2.75) is 20.8 Å². The van der Waals surface area contributed by atoms with E-state index in [1.54, 1.807) is 0 Å². The summed E-state index contributed by atoms with van der Waals surface area (Å²) >= 11 is 0. The van der Waals surface area contributed by atoms with Crippen LogP contribution >= 0.6 is 0 Å². The Morgan fingerprint density at radius 1 is 1.25 bits per heavy atom. The van der Waals surface area contributed by atoms with Gasteiger partial charge in [0, 0.05) is 0 Å². The third-order valence-electron chi connectivity index (χ3n) is 1.82. The summed E-state index contributed by atoms with van der Waals surface area (Å²) in [6, 6.07) is 3.83. The Hall–Kier alpha value is -1.18. The van der Waals surface area contributed by atoms with Crippen molar-refractivity contribution in [2.24, 2.45) is 0 Å². The molecule has 0 atom stereocenters. The predicted octanol–water partition coefficient (Wildman–Crippen LogP) is 2.41. The van der Waals surface area contributed by atoms with E-state index in [4.69, 9.17) is 4.74 Å². The molecule has 2 nitrogen and oxygen atoms in total. The van der Waals surface area contributed by atoms with Gasteiger partial charge in [-0.2, -0.15) is 0 Å². The molecule has 1 aromatic rings. The number of hydrogen-bond donors (Lipinski definition) is 1. The zero-order valence-electron chi connectivity index (χ0n) is 7.72. The molecule has 12 heavy (non-hydrogen) atoms. The second-order valence-corrected chi connectivity index (χ2v) is 2.81. The summed E-state index contributed by atoms with van der Waals surface area (Å²) in [5, 5.41) is 9.58. The Bertz CT molecular complexity index is 279. The number of benzene rings is 1. The molecule has 0 radical (unpaired) electrons. The first-order valence-corrected chi connectivity index (χ1v) is 4.08. The zero-order chi connectivity index (χ0) is 9.14. The monoisotopic (exact) mass is 166 g/mol. The normalized spacial score (nSPS) is 9.92. The minimum atomic E-state index is 0.261. The van der Waals surface area contributed by atoms with Crippen molar-refractivity contribution >= 4 is 0 Å². The average molecular weight is 166 g/mol. The molecule has 0 amide bonds. The number of aryl methyl sites for hydroxylation is 2. The lowest BCUT2D eigenvalue weighted by molar-refractivity contribution is 0.315. The van der Waals surface area contributed by atoms with E-state index in [0.717, 1.165) is 11.1 Å². The van der Waals surface area contributed by atoms with Gasteiger partial charge in [-0.1, -0.05) is 12.1 Å². The van der Waals surface area contributed by atoms with Crippen molar-refractivity contribution in [3.05, 3.63) is 23.3 Å². The SMILES string of the molecule is CCOc1c(C)ccc(C)c1O. The highest BCUT2D eigenvalue weighted by atomic mass is 16.5. The van der Waals surface area contributed by atoms with Gasteiger partial charge in [0.25, 0.3) is 0 Å². The smallest absolute Gasteiger partial charge is 0.164 e. The van der Waals surface area contributed by atoms with E-state index in [-0.39, 0.29) is 5.75 Å². The number of phenolic OH excluding ortho intramolecular Hbond substituents is 1. The molecular weight excluding hydrogens is 152 g/mol. The van der Waals surface area contributed by atoms with Crippen molar-refractivity contribution in [3.8, 4) is 11.5 Å². The first-order chi connectivity index (χ1) is 5.66. The molecule has 0 spiro atoms. The van der Waals surface area contributed by atoms with Gasteiger partial charge in [-0.05, 0) is 31.9 Å². The van der Waals surface area contributed by atoms with Crippen LogP contribution in [0.4, 0.5) is 0 Å². The van der Waals surface area contributed by atoms with Gasteiger partial charge in [0.2, 0.25) is 0 Å². The van der Waals surface area contributed by atoms with Gasteiger partial charge in [0.1, 0.15) is 0 Å². The van der Waals surface area contributed by atoms with Crippen LogP contribution in [0.25, 0.3) is 0 Å². The van der Waals surface area contributed by atoms with E-state index in [0.29, 0.717) is 12.4 Å². The fourth-order valence-electron chi connectivity index (χ4n) is 1.10. The number of phenols is 1. The molecule has 0 heterocycles. The Labute approximate surface area is 72.8 Å². The third kappa shape index (κ3) is 1.52. The predicted molar refractivity (Wildman–Crippen MR) is 48.7 cm³/mol. The van der Waals surface area contributed by atoms with Gasteiger partial charge in [-0.15, -0.1) is 0 Å². The van der Waals surface area contributed by atoms with Crippen molar-refractivity contribution < 1.29 is 9.84 Å². The summed E-state index contributed by atoms with van der Waals surface area (Å²) in [5.41, 5.74) is 1.82. The largest absolute Gasteiger partial charge is 0.504 e. The van der Waals surface area contributed by atoms with Gasteiger partial charge in [-0.3, -0.25) is 0 Å². The van der Waals surface area contributed by atoms with Crippen molar-refractivity contribution in [2.75, 3.05) is 6.61 Å². The standard InChI is InChI=1S/C10H14O2/c1-4-12-10-8(3)6-5-7(2)9(10)11/h5-6,11H,4H2,1-3H3. The fraction of sp³-hybridized carbons (Fsp3) is 0.400. The maximum absolute atomic E-state index is 9.58. The minimum Gasteiger partial charge on any atom is -0.504 e. The molecule has 2 heteroatoms. The molecule has 0 aromatic heterocycles. The van der Waals surface area contributed by atoms with Crippen LogP contribution in [-0.2, 0) is 0 Å². The molecule has 0 bridgehead atoms. The summed E-state index contributed by atoms with van der Waals surface area (Å²) in [4.78, 5) is 0. The average Bonchev–Trinajstić information content (AvgIpc) is 2.06. The lowest BCUT2D eigenvalue weighted by Crippen LogP contribution is -1.95. The van der Waals surface area contributed by atoms with Gasteiger partial charge >= 0.3 is 0 Å². The van der Waals surface area contributed by atoms with Crippen molar-refractivity contribution in [1.29, 1.82) is 0 Å². The van der Waals surface area contributed by atoms with Gasteiger partial charge in [0.05, 0.1) is 6.61 Å². The lowest BCUT2D eigenvalue weighted by Gasteiger charge is -2.10. The Balaban J connectivity index is 3.14. The van der Waals surface area contributed by atoms with E-state index < -0.39 is 0 Å². The molecule has 1 aromatic carbocycles. The molecular formula is C10H14O2. The summed E-state index contributed by atoms with van der Waals surface area (Å²) in [6.45, 7) is 6.26. The maximum Gasteiger partial charge on any atom is 0.164 e. The molecule has 0 saturated heterocycles. The van der Waals surface area contributed by atoms with Crippen LogP contribution < -0.4 is 4.74 Å². The molecule has 1 N–H and O–H groups in total. The number of rotatable bonds is 2. The van der Waals surface area contributed by atoms with E-state index in [1.807, 2.05) is 32.9 Å².